The Hall–Kier alpha value is -2.64. The Kier molecular flexibility index (Phi) is 6.06. The van der Waals surface area contributed by atoms with E-state index in [-0.39, 0.29) is 12.1 Å². The van der Waals surface area contributed by atoms with E-state index in [4.69, 9.17) is 4.74 Å². The second kappa shape index (κ2) is 7.57. The van der Waals surface area contributed by atoms with Gasteiger partial charge in [0.05, 0.1) is 4.92 Å². The molecule has 8 heteroatoms. The van der Waals surface area contributed by atoms with Crippen LogP contribution in [-0.4, -0.2) is 28.6 Å². The predicted octanol–water partition coefficient (Wildman–Crippen LogP) is 1.17. The number of carbonyl (C=O) groups excluding carboxylic acids is 2. The molecule has 0 radical (unpaired) electrons. The van der Waals surface area contributed by atoms with Crippen molar-refractivity contribution in [1.29, 1.82) is 0 Å². The highest BCUT2D eigenvalue weighted by atomic mass is 16.6. The topological polar surface area (TPSA) is 122 Å². The van der Waals surface area contributed by atoms with E-state index in [2.05, 4.69) is 5.32 Å². The first-order chi connectivity index (χ1) is 10.6. The number of non-ortho nitro benzene ring substituents is 1. The van der Waals surface area contributed by atoms with Gasteiger partial charge in [-0.25, -0.2) is 4.79 Å². The minimum absolute atomic E-state index is 0.0645. The average molecular weight is 323 g/mol. The Labute approximate surface area is 133 Å². The molecule has 0 aliphatic heterocycles. The number of carbonyl (C=O) groups is 2. The van der Waals surface area contributed by atoms with Crippen molar-refractivity contribution in [3.8, 4) is 0 Å². The molecule has 126 valence electrons. The molecule has 0 saturated carbocycles. The summed E-state index contributed by atoms with van der Waals surface area (Å²) in [4.78, 5) is 32.6. The van der Waals surface area contributed by atoms with Crippen LogP contribution in [0, 0.1) is 10.1 Å². The van der Waals surface area contributed by atoms with Crippen LogP contribution in [0.1, 0.15) is 32.8 Å². The molecule has 1 amide bonds. The van der Waals surface area contributed by atoms with Gasteiger partial charge in [-0.1, -0.05) is 12.1 Å². The fourth-order valence-corrected chi connectivity index (χ4v) is 1.89. The smallest absolute Gasteiger partial charge is 0.407 e. The van der Waals surface area contributed by atoms with Crippen LogP contribution in [0.3, 0.4) is 0 Å². The average Bonchev–Trinajstić information content (AvgIpc) is 2.35. The third-order valence-electron chi connectivity index (χ3n) is 2.76. The van der Waals surface area contributed by atoms with Crippen molar-refractivity contribution in [2.75, 3.05) is 0 Å². The monoisotopic (exact) mass is 323 g/mol. The number of hydrogen-bond donors (Lipinski definition) is 1. The minimum atomic E-state index is -1.31. The Morgan fingerprint density at radius 2 is 1.83 bits per heavy atom. The standard InChI is InChI=1S/C15H20N2O6/c1-15(2,3)23-14(20)16-11(9-13(18)19)8-10-4-6-12(7-5-10)17(21)22/h4-7,11H,8-9H2,1-3H3,(H,16,20)(H,18,19)/p-1/t11-/m0/s1. The van der Waals surface area contributed by atoms with Gasteiger partial charge in [0.2, 0.25) is 0 Å². The van der Waals surface area contributed by atoms with Crippen molar-refractivity contribution in [3.05, 3.63) is 39.9 Å². The maximum atomic E-state index is 11.7. The van der Waals surface area contributed by atoms with E-state index < -0.39 is 35.0 Å². The number of benzene rings is 1. The van der Waals surface area contributed by atoms with Gasteiger partial charge in [0.15, 0.2) is 0 Å². The summed E-state index contributed by atoms with van der Waals surface area (Å²) in [5.74, 6) is -1.31. The second-order valence-corrected chi connectivity index (χ2v) is 6.05. The van der Waals surface area contributed by atoms with Gasteiger partial charge in [-0.05, 0) is 32.8 Å². The van der Waals surface area contributed by atoms with Gasteiger partial charge in [-0.3, -0.25) is 10.1 Å². The Balaban J connectivity index is 2.76. The SMILES string of the molecule is CC(C)(C)OC(=O)N[C@H](CC(=O)[O-])Cc1ccc([N+](=O)[O-])cc1. The maximum absolute atomic E-state index is 11.7. The van der Waals surface area contributed by atoms with Gasteiger partial charge in [0.1, 0.15) is 5.60 Å². The summed E-state index contributed by atoms with van der Waals surface area (Å²) in [6.07, 6.45) is -0.938. The zero-order chi connectivity index (χ0) is 17.6. The number of hydrogen-bond acceptors (Lipinski definition) is 6. The number of alkyl carbamates (subject to hydrolysis) is 1. The van der Waals surface area contributed by atoms with E-state index in [0.717, 1.165) is 0 Å². The number of amides is 1. The lowest BCUT2D eigenvalue weighted by Crippen LogP contribution is -2.43. The van der Waals surface area contributed by atoms with Gasteiger partial charge in [0.25, 0.3) is 5.69 Å². The van der Waals surface area contributed by atoms with E-state index >= 15 is 0 Å². The minimum Gasteiger partial charge on any atom is -0.550 e. The fraction of sp³-hybridized carbons (Fsp3) is 0.467. The number of nitro benzene ring substituents is 1. The molecule has 0 unspecified atom stereocenters. The number of nitrogens with one attached hydrogen (secondary N) is 1. The van der Waals surface area contributed by atoms with E-state index in [1.54, 1.807) is 20.8 Å². The number of nitro groups is 1. The summed E-state index contributed by atoms with van der Waals surface area (Å²) in [5.41, 5.74) is -0.119. The van der Waals surface area contributed by atoms with Gasteiger partial charge in [-0.2, -0.15) is 0 Å². The number of ether oxygens (including phenoxy) is 1. The number of nitrogens with zero attached hydrogens (tertiary/aromatic N) is 1. The van der Waals surface area contributed by atoms with E-state index in [9.17, 15) is 24.8 Å². The van der Waals surface area contributed by atoms with Crippen LogP contribution in [0.15, 0.2) is 24.3 Å². The van der Waals surface area contributed by atoms with Crippen molar-refractivity contribution in [1.82, 2.24) is 5.32 Å². The lowest BCUT2D eigenvalue weighted by Gasteiger charge is -2.24. The van der Waals surface area contributed by atoms with Gasteiger partial charge >= 0.3 is 6.09 Å². The zero-order valence-electron chi connectivity index (χ0n) is 13.2. The van der Waals surface area contributed by atoms with Crippen LogP contribution in [0.4, 0.5) is 10.5 Å². The maximum Gasteiger partial charge on any atom is 0.407 e. The molecule has 0 saturated heterocycles. The Morgan fingerprint density at radius 3 is 2.26 bits per heavy atom. The molecule has 1 rings (SSSR count). The number of aliphatic carboxylic acids is 1. The summed E-state index contributed by atoms with van der Waals surface area (Å²) < 4.78 is 5.09. The molecule has 0 bridgehead atoms. The van der Waals surface area contributed by atoms with Crippen LogP contribution < -0.4 is 10.4 Å². The Bertz CT molecular complexity index is 577. The summed E-state index contributed by atoms with van der Waals surface area (Å²) in [6, 6.07) is 4.92. The van der Waals surface area contributed by atoms with E-state index in [1.807, 2.05) is 0 Å². The summed E-state index contributed by atoms with van der Waals surface area (Å²) in [5, 5.41) is 23.9. The first kappa shape index (κ1) is 18.4. The lowest BCUT2D eigenvalue weighted by molar-refractivity contribution is -0.384. The first-order valence-corrected chi connectivity index (χ1v) is 6.99. The largest absolute Gasteiger partial charge is 0.550 e. The number of carboxylic acids is 1. The molecule has 1 N–H and O–H groups in total. The van der Waals surface area contributed by atoms with Gasteiger partial charge in [0, 0.05) is 30.6 Å². The van der Waals surface area contributed by atoms with Gasteiger partial charge < -0.3 is 20.0 Å². The molecule has 0 aliphatic carbocycles. The van der Waals surface area contributed by atoms with Crippen molar-refractivity contribution in [2.24, 2.45) is 0 Å². The van der Waals surface area contributed by atoms with Gasteiger partial charge in [-0.15, -0.1) is 0 Å². The van der Waals surface area contributed by atoms with Crippen molar-refractivity contribution >= 4 is 17.7 Å². The zero-order valence-corrected chi connectivity index (χ0v) is 13.2. The predicted molar refractivity (Wildman–Crippen MR) is 79.6 cm³/mol. The molecule has 8 nitrogen and oxygen atoms in total. The highest BCUT2D eigenvalue weighted by Gasteiger charge is 2.20. The third kappa shape index (κ3) is 7.25. The van der Waals surface area contributed by atoms with Crippen LogP contribution in [0.5, 0.6) is 0 Å². The molecule has 23 heavy (non-hydrogen) atoms. The highest BCUT2D eigenvalue weighted by Crippen LogP contribution is 2.14. The van der Waals surface area contributed by atoms with E-state index in [1.165, 1.54) is 24.3 Å². The van der Waals surface area contributed by atoms with Crippen LogP contribution in [0.25, 0.3) is 0 Å². The molecule has 1 atom stereocenters. The summed E-state index contributed by atoms with van der Waals surface area (Å²) >= 11 is 0. The van der Waals surface area contributed by atoms with E-state index in [0.29, 0.717) is 5.56 Å². The van der Waals surface area contributed by atoms with Crippen LogP contribution in [0.2, 0.25) is 0 Å². The molecular formula is C15H19N2O6-. The van der Waals surface area contributed by atoms with Crippen molar-refractivity contribution < 1.29 is 24.4 Å². The highest BCUT2D eigenvalue weighted by molar-refractivity contribution is 5.70. The molecule has 0 aromatic heterocycles. The first-order valence-electron chi connectivity index (χ1n) is 6.99. The molecule has 0 spiro atoms. The normalized spacial score (nSPS) is 12.3. The third-order valence-corrected chi connectivity index (χ3v) is 2.76. The fourth-order valence-electron chi connectivity index (χ4n) is 1.89. The molecule has 0 fully saturated rings. The Morgan fingerprint density at radius 1 is 1.26 bits per heavy atom. The van der Waals surface area contributed by atoms with Crippen molar-refractivity contribution in [2.45, 2.75) is 45.3 Å². The quantitative estimate of drug-likeness (QED) is 0.619. The molecule has 0 heterocycles. The summed E-state index contributed by atoms with van der Waals surface area (Å²) in [6.45, 7) is 5.07. The number of carboxylic acid groups (broad SMARTS) is 1. The second-order valence-electron chi connectivity index (χ2n) is 6.05. The molecule has 0 aliphatic rings. The molecule has 1 aromatic carbocycles. The van der Waals surface area contributed by atoms with Crippen LogP contribution in [-0.2, 0) is 16.0 Å². The number of rotatable bonds is 6. The van der Waals surface area contributed by atoms with Crippen LogP contribution >= 0.6 is 0 Å². The summed E-state index contributed by atoms with van der Waals surface area (Å²) in [7, 11) is 0. The molecular weight excluding hydrogens is 304 g/mol. The van der Waals surface area contributed by atoms with Crippen molar-refractivity contribution in [3.63, 3.8) is 0 Å². The lowest BCUT2D eigenvalue weighted by atomic mass is 10.0. The molecule has 1 aromatic rings.